The maximum atomic E-state index is 12.2. The van der Waals surface area contributed by atoms with Crippen molar-refractivity contribution in [3.8, 4) is 17.9 Å². The van der Waals surface area contributed by atoms with Gasteiger partial charge in [0, 0.05) is 17.4 Å². The molecule has 0 bridgehead atoms. The van der Waals surface area contributed by atoms with Gasteiger partial charge in [0.05, 0.1) is 12.2 Å². The summed E-state index contributed by atoms with van der Waals surface area (Å²) in [6.07, 6.45) is 6.89. The minimum Gasteiger partial charge on any atom is -0.462 e. The second-order valence-electron chi connectivity index (χ2n) is 5.60. The molecule has 0 N–H and O–H groups in total. The maximum Gasteiger partial charge on any atom is 0.348 e. The van der Waals surface area contributed by atoms with Gasteiger partial charge in [-0.3, -0.25) is 0 Å². The molecule has 2 aromatic rings. The van der Waals surface area contributed by atoms with Gasteiger partial charge in [-0.05, 0) is 43.2 Å². The van der Waals surface area contributed by atoms with E-state index < -0.39 is 11.6 Å². The fourth-order valence-corrected chi connectivity index (χ4v) is 2.57. The zero-order valence-electron chi connectivity index (χ0n) is 14.2. The van der Waals surface area contributed by atoms with Crippen LogP contribution in [-0.4, -0.2) is 12.6 Å². The Kier molecular flexibility index (Phi) is 5.01. The molecule has 0 atom stereocenters. The standard InChI is InChI=1S/C21H15NO4/c1-2-25-20(23)18(13-22)11-17-10-16-9-14-7-5-3-4-6-8-15(14)12-19(16)26-21(17)24/h5,7,9-12H,2-4H2,1H3. The molecular weight excluding hydrogens is 330 g/mol. The molecule has 1 aliphatic carbocycles. The van der Waals surface area contributed by atoms with Crippen molar-refractivity contribution in [2.45, 2.75) is 19.8 Å². The molecule has 5 heteroatoms. The first-order valence-electron chi connectivity index (χ1n) is 8.18. The molecule has 1 aromatic heterocycles. The van der Waals surface area contributed by atoms with Gasteiger partial charge in [0.25, 0.3) is 0 Å². The van der Waals surface area contributed by atoms with Gasteiger partial charge in [-0.15, -0.1) is 0 Å². The second-order valence-corrected chi connectivity index (χ2v) is 5.60. The van der Waals surface area contributed by atoms with Crippen molar-refractivity contribution in [1.82, 2.24) is 0 Å². The van der Waals surface area contributed by atoms with Crippen molar-refractivity contribution in [2.75, 3.05) is 6.61 Å². The number of carbonyl (C=O) groups is 1. The van der Waals surface area contributed by atoms with Crippen LogP contribution in [0, 0.1) is 23.2 Å². The number of hydrogen-bond acceptors (Lipinski definition) is 5. The fourth-order valence-electron chi connectivity index (χ4n) is 2.57. The van der Waals surface area contributed by atoms with Gasteiger partial charge in [-0.2, -0.15) is 5.26 Å². The second kappa shape index (κ2) is 7.55. The number of allylic oxidation sites excluding steroid dienone is 1. The molecule has 0 saturated heterocycles. The van der Waals surface area contributed by atoms with E-state index in [-0.39, 0.29) is 17.7 Å². The lowest BCUT2D eigenvalue weighted by atomic mass is 10.0. The Morgan fingerprint density at radius 1 is 1.42 bits per heavy atom. The number of hydrogen-bond donors (Lipinski definition) is 0. The van der Waals surface area contributed by atoms with Crippen molar-refractivity contribution in [3.63, 3.8) is 0 Å². The van der Waals surface area contributed by atoms with Crippen molar-refractivity contribution in [2.24, 2.45) is 0 Å². The van der Waals surface area contributed by atoms with Gasteiger partial charge in [-0.1, -0.05) is 24.0 Å². The number of carbonyl (C=O) groups excluding carboxylic acids is 1. The van der Waals surface area contributed by atoms with Crippen LogP contribution in [0.4, 0.5) is 0 Å². The SMILES string of the molecule is CCOC(=O)C(C#N)=Cc1cc2cc3c(cc2oc1=O)C#CCCC=C3. The Bertz CT molecular complexity index is 1100. The van der Waals surface area contributed by atoms with Crippen LogP contribution in [0.2, 0.25) is 0 Å². The van der Waals surface area contributed by atoms with Gasteiger partial charge in [0.15, 0.2) is 0 Å². The molecule has 0 saturated carbocycles. The van der Waals surface area contributed by atoms with E-state index in [2.05, 4.69) is 11.8 Å². The van der Waals surface area contributed by atoms with Crippen LogP contribution in [-0.2, 0) is 9.53 Å². The van der Waals surface area contributed by atoms with Crippen LogP contribution >= 0.6 is 0 Å². The molecule has 0 fully saturated rings. The van der Waals surface area contributed by atoms with Crippen molar-refractivity contribution >= 4 is 29.1 Å². The van der Waals surface area contributed by atoms with E-state index in [1.807, 2.05) is 18.2 Å². The third-order valence-corrected chi connectivity index (χ3v) is 3.80. The van der Waals surface area contributed by atoms with Crippen LogP contribution in [0.5, 0.6) is 0 Å². The van der Waals surface area contributed by atoms with E-state index in [4.69, 9.17) is 14.4 Å². The molecule has 3 rings (SSSR count). The van der Waals surface area contributed by atoms with Gasteiger partial charge >= 0.3 is 11.6 Å². The number of nitrogens with zero attached hydrogens (tertiary/aromatic N) is 1. The number of rotatable bonds is 3. The Morgan fingerprint density at radius 3 is 3.04 bits per heavy atom. The van der Waals surface area contributed by atoms with Gasteiger partial charge in [0.1, 0.15) is 17.2 Å². The minimum atomic E-state index is -0.772. The van der Waals surface area contributed by atoms with Crippen molar-refractivity contribution in [1.29, 1.82) is 5.26 Å². The zero-order valence-corrected chi connectivity index (χ0v) is 14.2. The lowest BCUT2D eigenvalue weighted by molar-refractivity contribution is -0.137. The first-order chi connectivity index (χ1) is 12.6. The average Bonchev–Trinajstić information content (AvgIpc) is 2.60. The summed E-state index contributed by atoms with van der Waals surface area (Å²) in [6.45, 7) is 1.78. The number of fused-ring (bicyclic) bond motifs is 2. The molecule has 0 amide bonds. The van der Waals surface area contributed by atoms with Crippen LogP contribution in [0.25, 0.3) is 23.1 Å². The normalized spacial score (nSPS) is 13.0. The predicted octanol–water partition coefficient (Wildman–Crippen LogP) is 3.42. The van der Waals surface area contributed by atoms with Crippen LogP contribution < -0.4 is 5.63 Å². The summed E-state index contributed by atoms with van der Waals surface area (Å²) in [5.74, 6) is 5.38. The fraction of sp³-hybridized carbons (Fsp3) is 0.190. The Hall–Kier alpha value is -3.57. The minimum absolute atomic E-state index is 0.114. The van der Waals surface area contributed by atoms with E-state index in [1.165, 1.54) is 6.08 Å². The van der Waals surface area contributed by atoms with Crippen LogP contribution in [0.15, 0.2) is 39.1 Å². The number of benzene rings is 1. The molecule has 5 nitrogen and oxygen atoms in total. The lowest BCUT2D eigenvalue weighted by Crippen LogP contribution is -2.09. The van der Waals surface area contributed by atoms with E-state index in [0.29, 0.717) is 11.0 Å². The molecule has 26 heavy (non-hydrogen) atoms. The van der Waals surface area contributed by atoms with E-state index in [9.17, 15) is 9.59 Å². The number of esters is 1. The first-order valence-corrected chi connectivity index (χ1v) is 8.18. The molecular formula is C21H15NO4. The summed E-state index contributed by atoms with van der Waals surface area (Å²) in [5, 5.41) is 9.81. The summed E-state index contributed by atoms with van der Waals surface area (Å²) in [7, 11) is 0. The average molecular weight is 345 g/mol. The maximum absolute atomic E-state index is 12.2. The molecule has 1 aliphatic rings. The molecule has 1 aromatic carbocycles. The molecule has 0 radical (unpaired) electrons. The molecule has 128 valence electrons. The smallest absolute Gasteiger partial charge is 0.348 e. The number of nitriles is 1. The first kappa shape index (κ1) is 17.3. The highest BCUT2D eigenvalue weighted by Crippen LogP contribution is 2.22. The van der Waals surface area contributed by atoms with E-state index in [1.54, 1.807) is 25.1 Å². The van der Waals surface area contributed by atoms with E-state index in [0.717, 1.165) is 24.0 Å². The van der Waals surface area contributed by atoms with Gasteiger partial charge in [-0.25, -0.2) is 9.59 Å². The van der Waals surface area contributed by atoms with Crippen molar-refractivity contribution in [3.05, 3.63) is 57.0 Å². The summed E-state index contributed by atoms with van der Waals surface area (Å²) in [6, 6.07) is 6.96. The Balaban J connectivity index is 2.14. The Morgan fingerprint density at radius 2 is 2.27 bits per heavy atom. The zero-order chi connectivity index (χ0) is 18.5. The monoisotopic (exact) mass is 345 g/mol. The quantitative estimate of drug-likeness (QED) is 0.280. The van der Waals surface area contributed by atoms with E-state index >= 15 is 0 Å². The third-order valence-electron chi connectivity index (χ3n) is 3.80. The molecule has 0 aliphatic heterocycles. The van der Waals surface area contributed by atoms with Gasteiger partial charge in [0.2, 0.25) is 0 Å². The summed E-state index contributed by atoms with van der Waals surface area (Å²) in [4.78, 5) is 24.0. The molecule has 0 unspecified atom stereocenters. The highest BCUT2D eigenvalue weighted by atomic mass is 16.5. The highest BCUT2D eigenvalue weighted by molar-refractivity contribution is 5.98. The largest absolute Gasteiger partial charge is 0.462 e. The lowest BCUT2D eigenvalue weighted by Gasteiger charge is -2.05. The predicted molar refractivity (Wildman–Crippen MR) is 97.9 cm³/mol. The highest BCUT2D eigenvalue weighted by Gasteiger charge is 2.13. The summed E-state index contributed by atoms with van der Waals surface area (Å²) < 4.78 is 10.2. The molecule has 0 spiro atoms. The van der Waals surface area contributed by atoms with Crippen LogP contribution in [0.3, 0.4) is 0 Å². The summed E-state index contributed by atoms with van der Waals surface area (Å²) in [5.41, 5.74) is 1.36. The number of ether oxygens (including phenoxy) is 1. The van der Waals surface area contributed by atoms with Gasteiger partial charge < -0.3 is 9.15 Å². The summed E-state index contributed by atoms with van der Waals surface area (Å²) >= 11 is 0. The topological polar surface area (TPSA) is 80.3 Å². The van der Waals surface area contributed by atoms with Crippen LogP contribution in [0.1, 0.15) is 36.5 Å². The Labute approximate surface area is 150 Å². The van der Waals surface area contributed by atoms with Crippen molar-refractivity contribution < 1.29 is 13.9 Å². The molecule has 1 heterocycles. The third kappa shape index (κ3) is 3.58.